The van der Waals surface area contributed by atoms with E-state index < -0.39 is 0 Å². The van der Waals surface area contributed by atoms with E-state index in [1.807, 2.05) is 0 Å². The molecule has 2 aromatic rings. The van der Waals surface area contributed by atoms with Crippen molar-refractivity contribution in [3.63, 3.8) is 0 Å². The summed E-state index contributed by atoms with van der Waals surface area (Å²) in [6.45, 7) is 4.69. The molecule has 0 unspecified atom stereocenters. The number of rotatable bonds is 5. The molecule has 2 fully saturated rings. The second-order valence-electron chi connectivity index (χ2n) is 8.54. The van der Waals surface area contributed by atoms with Gasteiger partial charge in [-0.2, -0.15) is 15.2 Å². The molecule has 1 N–H and O–H groups in total. The number of piperazine rings is 1. The molecule has 8 nitrogen and oxygen atoms in total. The molecule has 0 spiro atoms. The summed E-state index contributed by atoms with van der Waals surface area (Å²) in [5, 5.41) is 13.5. The molecule has 0 amide bonds. The number of likely N-dealkylation sites (N-methyl/N-ethyl adjacent to an activating group) is 1. The molecule has 2 atom stereocenters. The first kappa shape index (κ1) is 20.7. The number of likely N-dealkylation sites (tertiary alicyclic amines) is 1. The molecular weight excluding hydrogens is 460 g/mol. The number of halogens is 1. The van der Waals surface area contributed by atoms with Crippen molar-refractivity contribution in [1.29, 1.82) is 5.26 Å². The fourth-order valence-corrected chi connectivity index (χ4v) is 5.40. The lowest BCUT2D eigenvalue weighted by molar-refractivity contribution is 0.188. The summed E-state index contributed by atoms with van der Waals surface area (Å²) >= 11 is 3.70. The lowest BCUT2D eigenvalue weighted by Gasteiger charge is -2.34. The fraction of sp³-hybridized carbons (Fsp3) is 0.591. The van der Waals surface area contributed by atoms with Crippen molar-refractivity contribution in [3.05, 3.63) is 16.1 Å². The number of nitrogens with one attached hydrogen (secondary N) is 1. The van der Waals surface area contributed by atoms with Gasteiger partial charge in [0.2, 0.25) is 0 Å². The minimum absolute atomic E-state index is 0.115. The van der Waals surface area contributed by atoms with Crippen molar-refractivity contribution in [1.82, 2.24) is 20.2 Å². The molecule has 0 aliphatic carbocycles. The quantitative estimate of drug-likeness (QED) is 0.689. The lowest BCUT2D eigenvalue weighted by Crippen LogP contribution is -2.51. The first-order chi connectivity index (χ1) is 15.1. The Bertz CT molecular complexity index is 1030. The van der Waals surface area contributed by atoms with Gasteiger partial charge in [-0.05, 0) is 32.5 Å². The van der Waals surface area contributed by atoms with Crippen molar-refractivity contribution in [2.75, 3.05) is 51.3 Å². The number of nitriles is 1. The minimum atomic E-state index is 0.115. The first-order valence-corrected chi connectivity index (χ1v) is 11.8. The molecular formula is C22H27BrN6O2. The first-order valence-electron chi connectivity index (χ1n) is 11.0. The molecule has 0 bridgehead atoms. The van der Waals surface area contributed by atoms with Gasteiger partial charge in [0.1, 0.15) is 18.2 Å². The van der Waals surface area contributed by atoms with Crippen LogP contribution >= 0.6 is 15.9 Å². The zero-order valence-corrected chi connectivity index (χ0v) is 19.3. The van der Waals surface area contributed by atoms with Gasteiger partial charge in [-0.3, -0.25) is 0 Å². The van der Waals surface area contributed by atoms with E-state index in [-0.39, 0.29) is 6.04 Å². The summed E-state index contributed by atoms with van der Waals surface area (Å²) in [5.74, 6) is 1.71. The van der Waals surface area contributed by atoms with Gasteiger partial charge in [0.15, 0.2) is 0 Å². The number of nitrogens with zero attached hydrogens (tertiary/aromatic N) is 5. The standard InChI is InChI=1S/C22H27BrN6O2/c1-28-8-2-3-15(28)13-31-22-26-18-11-17(23)16-5-10-30-20(16)19(18)21(27-22)29-9-7-25-14(12-29)4-6-24/h11,14-15,25H,2-5,7-10,12-13H2,1H3/t14-,15-/m0/s1. The van der Waals surface area contributed by atoms with Crippen LogP contribution in [0.1, 0.15) is 24.8 Å². The molecule has 4 heterocycles. The Balaban J connectivity index is 1.54. The molecule has 164 valence electrons. The Kier molecular flexibility index (Phi) is 5.87. The van der Waals surface area contributed by atoms with E-state index in [0.717, 1.165) is 66.0 Å². The van der Waals surface area contributed by atoms with Gasteiger partial charge in [-0.15, -0.1) is 0 Å². The zero-order chi connectivity index (χ0) is 21.4. The molecule has 1 aromatic heterocycles. The van der Waals surface area contributed by atoms with Crippen LogP contribution in [0.5, 0.6) is 11.8 Å². The van der Waals surface area contributed by atoms with Gasteiger partial charge in [-0.1, -0.05) is 15.9 Å². The summed E-state index contributed by atoms with van der Waals surface area (Å²) in [4.78, 5) is 14.2. The van der Waals surface area contributed by atoms with Gasteiger partial charge in [0.05, 0.1) is 30.0 Å². The number of anilines is 1. The minimum Gasteiger partial charge on any atom is -0.492 e. The Morgan fingerprint density at radius 2 is 2.29 bits per heavy atom. The zero-order valence-electron chi connectivity index (χ0n) is 17.7. The third kappa shape index (κ3) is 4.04. The molecule has 31 heavy (non-hydrogen) atoms. The SMILES string of the molecule is CN1CCC[C@H]1COc1nc(N2CCN[C@@H](CC#N)C2)c2c3c(c(Br)cc2n1)CCO3. The Morgan fingerprint density at radius 1 is 1.39 bits per heavy atom. The second kappa shape index (κ2) is 8.77. The number of aromatic nitrogens is 2. The van der Waals surface area contributed by atoms with Crippen LogP contribution in [0.4, 0.5) is 5.82 Å². The van der Waals surface area contributed by atoms with E-state index in [9.17, 15) is 0 Å². The maximum Gasteiger partial charge on any atom is 0.319 e. The summed E-state index contributed by atoms with van der Waals surface area (Å²) in [7, 11) is 2.14. The largest absolute Gasteiger partial charge is 0.492 e. The highest BCUT2D eigenvalue weighted by Crippen LogP contribution is 2.43. The Morgan fingerprint density at radius 3 is 3.10 bits per heavy atom. The molecule has 2 saturated heterocycles. The monoisotopic (exact) mass is 486 g/mol. The van der Waals surface area contributed by atoms with E-state index in [1.165, 1.54) is 12.0 Å². The smallest absolute Gasteiger partial charge is 0.319 e. The van der Waals surface area contributed by atoms with Gasteiger partial charge < -0.3 is 24.6 Å². The predicted molar refractivity (Wildman–Crippen MR) is 122 cm³/mol. The van der Waals surface area contributed by atoms with Gasteiger partial charge in [0.25, 0.3) is 0 Å². The van der Waals surface area contributed by atoms with Crippen LogP contribution in [0, 0.1) is 11.3 Å². The van der Waals surface area contributed by atoms with E-state index in [1.54, 1.807) is 0 Å². The van der Waals surface area contributed by atoms with Crippen LogP contribution in [-0.4, -0.2) is 73.4 Å². The van der Waals surface area contributed by atoms with Gasteiger partial charge >= 0.3 is 6.01 Å². The molecule has 1 aromatic carbocycles. The Hall–Kier alpha value is -2.15. The Labute approximate surface area is 190 Å². The maximum absolute atomic E-state index is 9.16. The lowest BCUT2D eigenvalue weighted by atomic mass is 10.1. The number of benzene rings is 1. The van der Waals surface area contributed by atoms with Crippen LogP contribution in [0.2, 0.25) is 0 Å². The summed E-state index contributed by atoms with van der Waals surface area (Å²) in [6.07, 6.45) is 3.68. The summed E-state index contributed by atoms with van der Waals surface area (Å²) < 4.78 is 13.2. The normalized spacial score (nSPS) is 23.6. The fourth-order valence-electron chi connectivity index (χ4n) is 4.80. The number of ether oxygens (including phenoxy) is 2. The average molecular weight is 487 g/mol. The molecule has 3 aliphatic heterocycles. The van der Waals surface area contributed by atoms with E-state index in [2.05, 4.69) is 50.2 Å². The molecule has 9 heteroatoms. The summed E-state index contributed by atoms with van der Waals surface area (Å²) in [6, 6.07) is 5.25. The highest BCUT2D eigenvalue weighted by atomic mass is 79.9. The van der Waals surface area contributed by atoms with Gasteiger partial charge in [-0.25, -0.2) is 0 Å². The molecule has 5 rings (SSSR count). The van der Waals surface area contributed by atoms with Crippen molar-refractivity contribution >= 4 is 32.7 Å². The summed E-state index contributed by atoms with van der Waals surface area (Å²) in [5.41, 5.74) is 1.99. The van der Waals surface area contributed by atoms with Crippen molar-refractivity contribution in [2.24, 2.45) is 0 Å². The molecule has 3 aliphatic rings. The number of fused-ring (bicyclic) bond motifs is 3. The van der Waals surface area contributed by atoms with Crippen LogP contribution < -0.4 is 19.7 Å². The van der Waals surface area contributed by atoms with Gasteiger partial charge in [0, 0.05) is 48.2 Å². The third-order valence-corrected chi connectivity index (χ3v) is 7.23. The second-order valence-corrected chi connectivity index (χ2v) is 9.39. The van der Waals surface area contributed by atoms with E-state index in [0.29, 0.717) is 31.7 Å². The van der Waals surface area contributed by atoms with E-state index >= 15 is 0 Å². The number of hydrogen-bond donors (Lipinski definition) is 1. The number of hydrogen-bond acceptors (Lipinski definition) is 8. The molecule has 0 saturated carbocycles. The predicted octanol–water partition coefficient (Wildman–Crippen LogP) is 2.49. The van der Waals surface area contributed by atoms with Crippen LogP contribution in [0.15, 0.2) is 10.5 Å². The average Bonchev–Trinajstić information content (AvgIpc) is 3.41. The van der Waals surface area contributed by atoms with E-state index in [4.69, 9.17) is 24.7 Å². The van der Waals surface area contributed by atoms with Crippen molar-refractivity contribution < 1.29 is 9.47 Å². The highest BCUT2D eigenvalue weighted by Gasteiger charge is 2.29. The van der Waals surface area contributed by atoms with Crippen molar-refractivity contribution in [2.45, 2.75) is 37.8 Å². The third-order valence-electron chi connectivity index (χ3n) is 6.52. The maximum atomic E-state index is 9.16. The van der Waals surface area contributed by atoms with Crippen molar-refractivity contribution in [3.8, 4) is 17.8 Å². The topological polar surface area (TPSA) is 86.5 Å². The highest BCUT2D eigenvalue weighted by molar-refractivity contribution is 9.10. The molecule has 0 radical (unpaired) electrons. The van der Waals surface area contributed by atoms with Crippen LogP contribution in [0.3, 0.4) is 0 Å². The van der Waals surface area contributed by atoms with Crippen LogP contribution in [-0.2, 0) is 6.42 Å². The van der Waals surface area contributed by atoms with Crippen LogP contribution in [0.25, 0.3) is 10.9 Å².